The van der Waals surface area contributed by atoms with Crippen molar-refractivity contribution in [1.82, 2.24) is 10.2 Å². The van der Waals surface area contributed by atoms with Gasteiger partial charge in [-0.25, -0.2) is 0 Å². The van der Waals surface area contributed by atoms with Crippen LogP contribution in [0, 0.1) is 0 Å². The summed E-state index contributed by atoms with van der Waals surface area (Å²) in [7, 11) is 1.59. The SMILES string of the molecule is CCOc1cc(/C=C(\Cl)c2nnc(-c3ccc(Cl)cc3)o2)ccc1OC. The second-order valence-electron chi connectivity index (χ2n) is 5.25. The first-order chi connectivity index (χ1) is 12.6. The molecular formula is C19H16Cl2N2O3. The number of hydrogen-bond donors (Lipinski definition) is 0. The van der Waals surface area contributed by atoms with Crippen LogP contribution in [0.5, 0.6) is 11.5 Å². The number of halogens is 2. The average Bonchev–Trinajstić information content (AvgIpc) is 3.13. The molecule has 2 aromatic carbocycles. The highest BCUT2D eigenvalue weighted by Crippen LogP contribution is 2.31. The van der Waals surface area contributed by atoms with Gasteiger partial charge in [0.25, 0.3) is 5.89 Å². The number of rotatable bonds is 6. The first-order valence-electron chi connectivity index (χ1n) is 7.88. The molecule has 0 fully saturated rings. The van der Waals surface area contributed by atoms with E-state index in [1.807, 2.05) is 25.1 Å². The van der Waals surface area contributed by atoms with Crippen molar-refractivity contribution in [2.75, 3.05) is 13.7 Å². The first-order valence-corrected chi connectivity index (χ1v) is 8.64. The Balaban J connectivity index is 1.86. The third-order valence-corrected chi connectivity index (χ3v) is 4.02. The molecule has 0 bridgehead atoms. The largest absolute Gasteiger partial charge is 0.493 e. The second kappa shape index (κ2) is 8.25. The number of aromatic nitrogens is 2. The van der Waals surface area contributed by atoms with Crippen molar-refractivity contribution in [1.29, 1.82) is 0 Å². The van der Waals surface area contributed by atoms with Gasteiger partial charge in [-0.05, 0) is 55.0 Å². The van der Waals surface area contributed by atoms with Gasteiger partial charge < -0.3 is 13.9 Å². The fraction of sp³-hybridized carbons (Fsp3) is 0.158. The topological polar surface area (TPSA) is 57.4 Å². The zero-order valence-electron chi connectivity index (χ0n) is 14.2. The second-order valence-corrected chi connectivity index (χ2v) is 6.10. The van der Waals surface area contributed by atoms with Crippen LogP contribution < -0.4 is 9.47 Å². The maximum atomic E-state index is 6.34. The van der Waals surface area contributed by atoms with Crippen LogP contribution in [0.3, 0.4) is 0 Å². The maximum Gasteiger partial charge on any atom is 0.259 e. The van der Waals surface area contributed by atoms with Crippen molar-refractivity contribution in [3.05, 3.63) is 58.9 Å². The molecule has 3 aromatic rings. The van der Waals surface area contributed by atoms with Crippen molar-refractivity contribution in [2.45, 2.75) is 6.92 Å². The molecule has 0 amide bonds. The Morgan fingerprint density at radius 3 is 2.58 bits per heavy atom. The summed E-state index contributed by atoms with van der Waals surface area (Å²) in [6.45, 7) is 2.44. The third-order valence-electron chi connectivity index (χ3n) is 3.50. The Hall–Kier alpha value is -2.50. The number of methoxy groups -OCH3 is 1. The molecule has 0 aliphatic heterocycles. The van der Waals surface area contributed by atoms with E-state index in [-0.39, 0.29) is 5.89 Å². The predicted octanol–water partition coefficient (Wildman–Crippen LogP) is 5.53. The Morgan fingerprint density at radius 1 is 1.12 bits per heavy atom. The van der Waals surface area contributed by atoms with Crippen LogP contribution in [0.1, 0.15) is 18.4 Å². The van der Waals surface area contributed by atoms with Crippen LogP contribution in [0.15, 0.2) is 46.9 Å². The van der Waals surface area contributed by atoms with E-state index in [9.17, 15) is 0 Å². The number of hydrogen-bond acceptors (Lipinski definition) is 5. The van der Waals surface area contributed by atoms with E-state index in [2.05, 4.69) is 10.2 Å². The predicted molar refractivity (Wildman–Crippen MR) is 103 cm³/mol. The number of nitrogens with zero attached hydrogens (tertiary/aromatic N) is 2. The molecule has 3 rings (SSSR count). The highest BCUT2D eigenvalue weighted by molar-refractivity contribution is 6.50. The molecule has 0 spiro atoms. The smallest absolute Gasteiger partial charge is 0.259 e. The zero-order chi connectivity index (χ0) is 18.5. The normalized spacial score (nSPS) is 11.5. The lowest BCUT2D eigenvalue weighted by molar-refractivity contribution is 0.311. The van der Waals surface area contributed by atoms with Crippen LogP contribution in [-0.2, 0) is 0 Å². The molecule has 0 radical (unpaired) electrons. The minimum atomic E-state index is 0.227. The standard InChI is InChI=1S/C19H16Cl2N2O3/c1-3-25-17-11-12(4-9-16(17)24-2)10-15(21)19-23-22-18(26-19)13-5-7-14(20)8-6-13/h4-11H,3H2,1-2H3/b15-10-. The van der Waals surface area contributed by atoms with Crippen LogP contribution in [0.4, 0.5) is 0 Å². The molecule has 0 N–H and O–H groups in total. The molecule has 26 heavy (non-hydrogen) atoms. The van der Waals surface area contributed by atoms with Crippen molar-refractivity contribution in [3.8, 4) is 23.0 Å². The Bertz CT molecular complexity index is 921. The molecule has 134 valence electrons. The molecule has 0 saturated carbocycles. The van der Waals surface area contributed by atoms with Gasteiger partial charge in [-0.3, -0.25) is 0 Å². The summed E-state index contributed by atoms with van der Waals surface area (Å²) in [6, 6.07) is 12.6. The summed E-state index contributed by atoms with van der Waals surface area (Å²) < 4.78 is 16.5. The first kappa shape index (κ1) is 18.3. The molecule has 5 nitrogen and oxygen atoms in total. The van der Waals surface area contributed by atoms with Gasteiger partial charge in [-0.15, -0.1) is 10.2 Å². The van der Waals surface area contributed by atoms with Crippen LogP contribution in [0.2, 0.25) is 5.02 Å². The fourth-order valence-corrected chi connectivity index (χ4v) is 2.62. The summed E-state index contributed by atoms with van der Waals surface area (Å²) in [5.41, 5.74) is 1.59. The molecule has 7 heteroatoms. The molecule has 0 aliphatic rings. The molecule has 1 heterocycles. The molecular weight excluding hydrogens is 375 g/mol. The molecule has 0 saturated heterocycles. The highest BCUT2D eigenvalue weighted by Gasteiger charge is 2.12. The quantitative estimate of drug-likeness (QED) is 0.553. The Kier molecular flexibility index (Phi) is 5.81. The number of ether oxygens (including phenoxy) is 2. The minimum absolute atomic E-state index is 0.227. The molecule has 0 atom stereocenters. The van der Waals surface area contributed by atoms with Gasteiger partial charge >= 0.3 is 0 Å². The molecule has 1 aromatic heterocycles. The van der Waals surface area contributed by atoms with E-state index < -0.39 is 0 Å². The van der Waals surface area contributed by atoms with E-state index in [0.29, 0.717) is 34.1 Å². The minimum Gasteiger partial charge on any atom is -0.493 e. The fourth-order valence-electron chi connectivity index (χ4n) is 2.29. The van der Waals surface area contributed by atoms with Crippen molar-refractivity contribution in [3.63, 3.8) is 0 Å². The van der Waals surface area contributed by atoms with Gasteiger partial charge in [0, 0.05) is 10.6 Å². The lowest BCUT2D eigenvalue weighted by Gasteiger charge is -2.09. The van der Waals surface area contributed by atoms with E-state index in [0.717, 1.165) is 11.1 Å². The van der Waals surface area contributed by atoms with E-state index in [1.165, 1.54) is 0 Å². The van der Waals surface area contributed by atoms with Crippen molar-refractivity contribution < 1.29 is 13.9 Å². The lowest BCUT2D eigenvalue weighted by atomic mass is 10.2. The summed E-state index contributed by atoms with van der Waals surface area (Å²) in [5.74, 6) is 1.89. The molecule has 0 unspecified atom stereocenters. The van der Waals surface area contributed by atoms with Gasteiger partial charge in [0.05, 0.1) is 13.7 Å². The van der Waals surface area contributed by atoms with Crippen LogP contribution >= 0.6 is 23.2 Å². The summed E-state index contributed by atoms with van der Waals surface area (Å²) in [4.78, 5) is 0. The lowest BCUT2D eigenvalue weighted by Crippen LogP contribution is -1.95. The van der Waals surface area contributed by atoms with Gasteiger partial charge in [0.15, 0.2) is 11.5 Å². The van der Waals surface area contributed by atoms with E-state index in [1.54, 1.807) is 37.5 Å². The summed E-state index contributed by atoms with van der Waals surface area (Å²) in [5, 5.41) is 8.98. The van der Waals surface area contributed by atoms with E-state index in [4.69, 9.17) is 37.1 Å². The zero-order valence-corrected chi connectivity index (χ0v) is 15.7. The van der Waals surface area contributed by atoms with Crippen LogP contribution in [0.25, 0.3) is 22.6 Å². The Labute approximate surface area is 161 Å². The van der Waals surface area contributed by atoms with Gasteiger partial charge in [0.1, 0.15) is 5.03 Å². The van der Waals surface area contributed by atoms with Crippen LogP contribution in [-0.4, -0.2) is 23.9 Å². The summed E-state index contributed by atoms with van der Waals surface area (Å²) >= 11 is 12.2. The third kappa shape index (κ3) is 4.18. The van der Waals surface area contributed by atoms with Gasteiger partial charge in [-0.1, -0.05) is 29.3 Å². The highest BCUT2D eigenvalue weighted by atomic mass is 35.5. The monoisotopic (exact) mass is 390 g/mol. The van der Waals surface area contributed by atoms with Gasteiger partial charge in [-0.2, -0.15) is 0 Å². The van der Waals surface area contributed by atoms with E-state index >= 15 is 0 Å². The van der Waals surface area contributed by atoms with Crippen molar-refractivity contribution >= 4 is 34.3 Å². The van der Waals surface area contributed by atoms with Crippen molar-refractivity contribution in [2.24, 2.45) is 0 Å². The number of benzene rings is 2. The average molecular weight is 391 g/mol. The molecule has 0 aliphatic carbocycles. The van der Waals surface area contributed by atoms with Gasteiger partial charge in [0.2, 0.25) is 5.89 Å². The maximum absolute atomic E-state index is 6.34. The summed E-state index contributed by atoms with van der Waals surface area (Å²) in [6.07, 6.45) is 1.72. The Morgan fingerprint density at radius 2 is 1.88 bits per heavy atom.